The number of nitrogens with one attached hydrogen (secondary N) is 1. The van der Waals surface area contributed by atoms with Crippen molar-refractivity contribution < 1.29 is 4.92 Å². The van der Waals surface area contributed by atoms with Gasteiger partial charge in [-0.15, -0.1) is 0 Å². The van der Waals surface area contributed by atoms with E-state index in [0.29, 0.717) is 5.69 Å². The van der Waals surface area contributed by atoms with Crippen molar-refractivity contribution in [2.24, 2.45) is 0 Å². The van der Waals surface area contributed by atoms with E-state index >= 15 is 0 Å². The van der Waals surface area contributed by atoms with Crippen LogP contribution in [0, 0.1) is 21.6 Å². The summed E-state index contributed by atoms with van der Waals surface area (Å²) in [7, 11) is 0. The van der Waals surface area contributed by atoms with Gasteiger partial charge in [0.1, 0.15) is 5.02 Å². The van der Waals surface area contributed by atoms with Gasteiger partial charge < -0.3 is 0 Å². The summed E-state index contributed by atoms with van der Waals surface area (Å²) in [6.45, 7) is 0. The van der Waals surface area contributed by atoms with Crippen LogP contribution in [0.2, 0.25) is 5.02 Å². The van der Waals surface area contributed by atoms with Crippen molar-refractivity contribution in [2.45, 2.75) is 0 Å². The molecule has 0 saturated heterocycles. The van der Waals surface area contributed by atoms with Crippen molar-refractivity contribution >= 4 is 23.0 Å². The molecule has 0 aliphatic heterocycles. The number of nitrogens with zero attached hydrogens (tertiary/aromatic N) is 2. The van der Waals surface area contributed by atoms with Crippen LogP contribution in [-0.2, 0) is 0 Å². The zero-order valence-electron chi connectivity index (χ0n) is 6.32. The fourth-order valence-electron chi connectivity index (χ4n) is 0.795. The van der Waals surface area contributed by atoms with E-state index in [-0.39, 0.29) is 10.7 Å². The van der Waals surface area contributed by atoms with E-state index in [1.807, 2.05) is 0 Å². The maximum atomic E-state index is 10.4. The van der Waals surface area contributed by atoms with Crippen molar-refractivity contribution in [3.8, 4) is 6.19 Å². The Hall–Kier alpha value is -1.80. The van der Waals surface area contributed by atoms with Gasteiger partial charge in [0.05, 0.1) is 10.6 Å². The molecular weight excluding hydrogens is 194 g/mol. The van der Waals surface area contributed by atoms with Crippen molar-refractivity contribution in [1.82, 2.24) is 0 Å². The Morgan fingerprint density at radius 2 is 2.31 bits per heavy atom. The van der Waals surface area contributed by atoms with E-state index in [2.05, 4.69) is 5.32 Å². The molecule has 0 unspecified atom stereocenters. The Morgan fingerprint density at radius 3 is 2.85 bits per heavy atom. The van der Waals surface area contributed by atoms with Gasteiger partial charge in [-0.25, -0.2) is 0 Å². The minimum absolute atomic E-state index is 0.0495. The van der Waals surface area contributed by atoms with Crippen molar-refractivity contribution in [3.05, 3.63) is 33.3 Å². The largest absolute Gasteiger partial charge is 0.293 e. The molecule has 0 radical (unpaired) electrons. The maximum Gasteiger partial charge on any atom is 0.289 e. The molecule has 0 atom stereocenters. The second kappa shape index (κ2) is 3.74. The van der Waals surface area contributed by atoms with Crippen LogP contribution in [0.4, 0.5) is 11.4 Å². The van der Waals surface area contributed by atoms with Gasteiger partial charge in [0.15, 0.2) is 6.19 Å². The third-order valence-electron chi connectivity index (χ3n) is 1.34. The summed E-state index contributed by atoms with van der Waals surface area (Å²) in [5.41, 5.74) is 0.125. The fourth-order valence-corrected chi connectivity index (χ4v) is 0.981. The Bertz CT molecular complexity index is 386. The summed E-state index contributed by atoms with van der Waals surface area (Å²) in [5, 5.41) is 21.0. The average molecular weight is 198 g/mol. The molecule has 1 N–H and O–H groups in total. The molecule has 13 heavy (non-hydrogen) atoms. The number of hydrogen-bond donors (Lipinski definition) is 1. The summed E-state index contributed by atoms with van der Waals surface area (Å²) in [6.07, 6.45) is 1.65. The van der Waals surface area contributed by atoms with Crippen LogP contribution in [0.25, 0.3) is 0 Å². The minimum Gasteiger partial charge on any atom is -0.293 e. The summed E-state index contributed by atoms with van der Waals surface area (Å²) in [4.78, 5) is 9.78. The minimum atomic E-state index is -0.606. The predicted octanol–water partition coefficient (Wildman–Crippen LogP) is 2.14. The van der Waals surface area contributed by atoms with Gasteiger partial charge in [0.25, 0.3) is 5.69 Å². The summed E-state index contributed by atoms with van der Waals surface area (Å²) < 4.78 is 0. The molecule has 1 rings (SSSR count). The molecule has 0 aromatic heterocycles. The highest BCUT2D eigenvalue weighted by atomic mass is 35.5. The first-order valence-corrected chi connectivity index (χ1v) is 3.62. The Balaban J connectivity index is 3.13. The SMILES string of the molecule is N#CNc1ccc(Cl)c([N+](=O)[O-])c1. The smallest absolute Gasteiger partial charge is 0.289 e. The van der Waals surface area contributed by atoms with Crippen LogP contribution in [-0.4, -0.2) is 4.92 Å². The van der Waals surface area contributed by atoms with E-state index in [9.17, 15) is 10.1 Å². The molecule has 0 spiro atoms. The highest BCUT2D eigenvalue weighted by Crippen LogP contribution is 2.26. The molecule has 0 aliphatic carbocycles. The summed E-state index contributed by atoms with van der Waals surface area (Å²) >= 11 is 5.54. The number of nitro benzene ring substituents is 1. The van der Waals surface area contributed by atoms with E-state index in [4.69, 9.17) is 16.9 Å². The Kier molecular flexibility index (Phi) is 2.67. The Morgan fingerprint density at radius 1 is 1.62 bits per heavy atom. The van der Waals surface area contributed by atoms with Crippen molar-refractivity contribution in [1.29, 1.82) is 5.26 Å². The molecule has 66 valence electrons. The number of halogens is 1. The molecule has 0 fully saturated rings. The monoisotopic (exact) mass is 197 g/mol. The molecule has 1 aromatic carbocycles. The second-order valence-corrected chi connectivity index (χ2v) is 2.57. The topological polar surface area (TPSA) is 79.0 Å². The lowest BCUT2D eigenvalue weighted by Gasteiger charge is -1.98. The zero-order chi connectivity index (χ0) is 9.84. The Labute approximate surface area is 78.7 Å². The second-order valence-electron chi connectivity index (χ2n) is 2.16. The van der Waals surface area contributed by atoms with Gasteiger partial charge in [0.2, 0.25) is 0 Å². The number of nitro groups is 1. The van der Waals surface area contributed by atoms with Crippen LogP contribution < -0.4 is 5.32 Å². The normalized spacial score (nSPS) is 8.92. The molecule has 6 heteroatoms. The van der Waals surface area contributed by atoms with Crippen LogP contribution in [0.5, 0.6) is 0 Å². The summed E-state index contributed by atoms with van der Waals surface area (Å²) in [6, 6.07) is 4.05. The third-order valence-corrected chi connectivity index (χ3v) is 1.66. The number of rotatable bonds is 2. The first-order chi connectivity index (χ1) is 6.15. The highest BCUT2D eigenvalue weighted by Gasteiger charge is 2.12. The summed E-state index contributed by atoms with van der Waals surface area (Å²) in [5.74, 6) is 0. The predicted molar refractivity (Wildman–Crippen MR) is 47.3 cm³/mol. The van der Waals surface area contributed by atoms with E-state index in [1.165, 1.54) is 18.2 Å². The van der Waals surface area contributed by atoms with Gasteiger partial charge in [-0.2, -0.15) is 5.26 Å². The third kappa shape index (κ3) is 2.07. The lowest BCUT2D eigenvalue weighted by atomic mass is 10.3. The fraction of sp³-hybridized carbons (Fsp3) is 0. The number of nitriles is 1. The van der Waals surface area contributed by atoms with Crippen molar-refractivity contribution in [3.63, 3.8) is 0 Å². The van der Waals surface area contributed by atoms with Crippen LogP contribution >= 0.6 is 11.6 Å². The lowest BCUT2D eigenvalue weighted by Crippen LogP contribution is -1.92. The van der Waals surface area contributed by atoms with E-state index in [0.717, 1.165) is 0 Å². The quantitative estimate of drug-likeness (QED) is 0.341. The number of hydrogen-bond acceptors (Lipinski definition) is 4. The molecule has 1 aromatic rings. The number of anilines is 1. The van der Waals surface area contributed by atoms with Gasteiger partial charge in [-0.3, -0.25) is 15.4 Å². The molecule has 5 nitrogen and oxygen atoms in total. The molecule has 0 amide bonds. The van der Waals surface area contributed by atoms with E-state index in [1.54, 1.807) is 6.19 Å². The van der Waals surface area contributed by atoms with Gasteiger partial charge >= 0.3 is 0 Å². The highest BCUT2D eigenvalue weighted by molar-refractivity contribution is 6.32. The van der Waals surface area contributed by atoms with E-state index < -0.39 is 4.92 Å². The van der Waals surface area contributed by atoms with Crippen LogP contribution in [0.1, 0.15) is 0 Å². The lowest BCUT2D eigenvalue weighted by molar-refractivity contribution is -0.384. The standard InChI is InChI=1S/C7H4ClN3O2/c8-6-2-1-5(10-4-9)3-7(6)11(12)13/h1-3,10H. The van der Waals surface area contributed by atoms with Crippen molar-refractivity contribution in [2.75, 3.05) is 5.32 Å². The van der Waals surface area contributed by atoms with Crippen LogP contribution in [0.3, 0.4) is 0 Å². The van der Waals surface area contributed by atoms with Gasteiger partial charge in [0, 0.05) is 6.07 Å². The maximum absolute atomic E-state index is 10.4. The average Bonchev–Trinajstić information content (AvgIpc) is 2.08. The van der Waals surface area contributed by atoms with Gasteiger partial charge in [-0.1, -0.05) is 11.6 Å². The molecule has 0 heterocycles. The van der Waals surface area contributed by atoms with Crippen LogP contribution in [0.15, 0.2) is 18.2 Å². The number of benzene rings is 1. The van der Waals surface area contributed by atoms with Gasteiger partial charge in [-0.05, 0) is 12.1 Å². The first-order valence-electron chi connectivity index (χ1n) is 3.24. The zero-order valence-corrected chi connectivity index (χ0v) is 7.08. The molecule has 0 saturated carbocycles. The molecule has 0 bridgehead atoms. The molecular formula is C7H4ClN3O2. The first kappa shape index (κ1) is 9.29. The molecule has 0 aliphatic rings.